The van der Waals surface area contributed by atoms with Gasteiger partial charge >= 0.3 is 7.54 Å². The maximum atomic E-state index is 9.67. The van der Waals surface area contributed by atoms with Gasteiger partial charge in [-0.1, -0.05) is 0 Å². The number of thioether (sulfide) groups is 1. The summed E-state index contributed by atoms with van der Waals surface area (Å²) < 4.78 is 29.0. The van der Waals surface area contributed by atoms with Crippen LogP contribution in [0.3, 0.4) is 0 Å². The summed E-state index contributed by atoms with van der Waals surface area (Å²) in [4.78, 5) is 0. The van der Waals surface area contributed by atoms with Crippen LogP contribution in [-0.4, -0.2) is 25.4 Å². The molecule has 0 aromatic rings. The van der Waals surface area contributed by atoms with Gasteiger partial charge in [0, 0.05) is 0 Å². The van der Waals surface area contributed by atoms with Crippen LogP contribution in [0.25, 0.3) is 0 Å². The Labute approximate surface area is 73.7 Å². The van der Waals surface area contributed by atoms with Gasteiger partial charge < -0.3 is 0 Å². The van der Waals surface area contributed by atoms with Gasteiger partial charge in [-0.15, -0.1) is 23.2 Å². The molecular formula is C3H8BCl2F3S. The van der Waals surface area contributed by atoms with Crippen molar-refractivity contribution in [2.75, 3.05) is 17.9 Å². The Morgan fingerprint density at radius 1 is 1.20 bits per heavy atom. The molecule has 0 amide bonds. The zero-order chi connectivity index (χ0) is 8.99. The molecule has 0 bridgehead atoms. The molecule has 0 atom stereocenters. The number of rotatable bonds is 0. The second-order valence-electron chi connectivity index (χ2n) is 0.757. The van der Waals surface area contributed by atoms with Crippen LogP contribution in [-0.2, 0) is 0 Å². The maximum Gasteiger partial charge on any atom is 0.762 e. The molecule has 10 heavy (non-hydrogen) atoms. The Bertz CT molecular complexity index is 38.2. The van der Waals surface area contributed by atoms with Crippen LogP contribution in [0, 0.1) is 0 Å². The second kappa shape index (κ2) is 22.6. The number of hydrogen-bond acceptors (Lipinski definition) is 1. The van der Waals surface area contributed by atoms with Crippen molar-refractivity contribution >= 4 is 42.5 Å². The van der Waals surface area contributed by atoms with E-state index in [0.717, 1.165) is 0 Å². The molecule has 0 fully saturated rings. The molecule has 0 aromatic heterocycles. The largest absolute Gasteiger partial charge is 0.762 e. The van der Waals surface area contributed by atoms with E-state index in [9.17, 15) is 12.9 Å². The van der Waals surface area contributed by atoms with Gasteiger partial charge in [-0.2, -0.15) is 11.8 Å². The van der Waals surface area contributed by atoms with Crippen LogP contribution in [0.1, 0.15) is 0 Å². The highest BCUT2D eigenvalue weighted by Gasteiger charge is 2.06. The van der Waals surface area contributed by atoms with E-state index in [-0.39, 0.29) is 5.34 Å². The molecule has 0 N–H and O–H groups in total. The Balaban J connectivity index is -0.0000000750. The molecule has 0 aliphatic heterocycles. The highest BCUT2D eigenvalue weighted by molar-refractivity contribution is 7.97. The first-order valence-electron chi connectivity index (χ1n) is 2.01. The number of halogens is 5. The summed E-state index contributed by atoms with van der Waals surface area (Å²) in [5.41, 5.74) is 0. The molecule has 7 heteroatoms. The van der Waals surface area contributed by atoms with Crippen molar-refractivity contribution < 1.29 is 12.9 Å². The smallest absolute Gasteiger partial charge is 0.254 e. The first-order chi connectivity index (χ1) is 4.56. The average Bonchev–Trinajstić information content (AvgIpc) is 1.65. The molecule has 0 spiro atoms. The van der Waals surface area contributed by atoms with Gasteiger partial charge in [0.05, 0.1) is 5.34 Å². The first-order valence-corrected chi connectivity index (χ1v) is 4.71. The molecular weight excluding hydrogens is 207 g/mol. The lowest BCUT2D eigenvalue weighted by atomic mass is 10.5. The normalized spacial score (nSPS) is 6.30. The molecule has 0 saturated heterocycles. The predicted octanol–water partition coefficient (Wildman–Crippen LogP) is 3.28. The first kappa shape index (κ1) is 17.0. The fourth-order valence-electron chi connectivity index (χ4n) is 0. The average molecular weight is 215 g/mol. The molecule has 0 heterocycles. The van der Waals surface area contributed by atoms with Crippen molar-refractivity contribution in [3.8, 4) is 0 Å². The minimum atomic E-state index is -3.67. The molecule has 0 aliphatic carbocycles. The van der Waals surface area contributed by atoms with Crippen molar-refractivity contribution in [2.45, 2.75) is 0 Å². The van der Waals surface area contributed by atoms with Crippen LogP contribution in [0.4, 0.5) is 12.9 Å². The fourth-order valence-corrected chi connectivity index (χ4v) is 0. The summed E-state index contributed by atoms with van der Waals surface area (Å²) in [5.74, 6) is 0. The van der Waals surface area contributed by atoms with Crippen molar-refractivity contribution in [3.05, 3.63) is 0 Å². The topological polar surface area (TPSA) is 0 Å². The Hall–Kier alpha value is 0.785. The maximum absolute atomic E-state index is 9.67. The lowest BCUT2D eigenvalue weighted by molar-refractivity contribution is 0.535. The summed E-state index contributed by atoms with van der Waals surface area (Å²) in [6.45, 7) is 0. The lowest BCUT2D eigenvalue weighted by Crippen LogP contribution is -1.76. The zero-order valence-corrected chi connectivity index (χ0v) is 7.91. The predicted molar refractivity (Wildman–Crippen MR) is 45.1 cm³/mol. The monoisotopic (exact) mass is 214 g/mol. The van der Waals surface area contributed by atoms with Gasteiger partial charge in [0.2, 0.25) is 0 Å². The van der Waals surface area contributed by atoms with Gasteiger partial charge in [-0.05, 0) is 12.5 Å². The molecule has 0 radical (unpaired) electrons. The van der Waals surface area contributed by atoms with Crippen molar-refractivity contribution in [1.82, 2.24) is 0 Å². The summed E-state index contributed by atoms with van der Waals surface area (Å²) in [5, 5.41) is 0.194. The van der Waals surface area contributed by atoms with Crippen LogP contribution in [0.2, 0.25) is 0 Å². The van der Waals surface area contributed by atoms with Crippen molar-refractivity contribution in [2.24, 2.45) is 0 Å². The third kappa shape index (κ3) is 864. The van der Waals surface area contributed by atoms with E-state index in [2.05, 4.69) is 0 Å². The summed E-state index contributed by atoms with van der Waals surface area (Å²) >= 11 is 11.3. The lowest BCUT2D eigenvalue weighted by Gasteiger charge is -1.55. The molecule has 0 aliphatic rings. The van der Waals surface area contributed by atoms with E-state index in [1.807, 2.05) is 12.5 Å². The highest BCUT2D eigenvalue weighted by atomic mass is 35.5. The van der Waals surface area contributed by atoms with Gasteiger partial charge in [-0.3, -0.25) is 12.9 Å². The third-order valence-corrected chi connectivity index (χ3v) is 0. The van der Waals surface area contributed by atoms with E-state index in [0.29, 0.717) is 0 Å². The van der Waals surface area contributed by atoms with Gasteiger partial charge in [0.15, 0.2) is 0 Å². The third-order valence-electron chi connectivity index (χ3n) is 0. The van der Waals surface area contributed by atoms with Gasteiger partial charge in [0.25, 0.3) is 0 Å². The second-order valence-corrected chi connectivity index (χ2v) is 2.38. The Kier molecular flexibility index (Phi) is 38.4. The number of hydrogen-bond donors (Lipinski definition) is 0. The van der Waals surface area contributed by atoms with E-state index >= 15 is 0 Å². The van der Waals surface area contributed by atoms with Crippen molar-refractivity contribution in [1.29, 1.82) is 0 Å². The fraction of sp³-hybridized carbons (Fsp3) is 1.00. The van der Waals surface area contributed by atoms with Gasteiger partial charge in [-0.25, -0.2) is 0 Å². The van der Waals surface area contributed by atoms with Gasteiger partial charge in [0.1, 0.15) is 0 Å². The molecule has 0 aromatic carbocycles. The van der Waals surface area contributed by atoms with Crippen LogP contribution < -0.4 is 0 Å². The quantitative estimate of drug-likeness (QED) is 0.441. The van der Waals surface area contributed by atoms with E-state index in [1.54, 1.807) is 11.8 Å². The summed E-state index contributed by atoms with van der Waals surface area (Å²) in [6, 6.07) is 0. The van der Waals surface area contributed by atoms with E-state index < -0.39 is 7.54 Å². The highest BCUT2D eigenvalue weighted by Crippen LogP contribution is 1.80. The summed E-state index contributed by atoms with van der Waals surface area (Å²) in [7, 11) is -3.67. The SMILES string of the molecule is CSC.ClCCl.FB(F)F. The Morgan fingerprint density at radius 2 is 1.20 bits per heavy atom. The molecule has 0 unspecified atom stereocenters. The summed E-state index contributed by atoms with van der Waals surface area (Å²) in [6.07, 6.45) is 4.08. The minimum Gasteiger partial charge on any atom is -0.254 e. The molecule has 0 rings (SSSR count). The molecule has 0 saturated carbocycles. The minimum absolute atomic E-state index is 0.194. The van der Waals surface area contributed by atoms with E-state index in [4.69, 9.17) is 23.2 Å². The molecule has 0 nitrogen and oxygen atoms in total. The van der Waals surface area contributed by atoms with Crippen LogP contribution in [0.5, 0.6) is 0 Å². The van der Waals surface area contributed by atoms with Crippen LogP contribution >= 0.6 is 35.0 Å². The Morgan fingerprint density at radius 3 is 1.20 bits per heavy atom. The standard InChI is InChI=1S/C2H6S.CH2Cl2.BF3/c1-3-2;2-1-3;2-1(3)4/h1-2H3;1H2;. The zero-order valence-electron chi connectivity index (χ0n) is 5.58. The molecule has 64 valence electrons. The number of alkyl halides is 2. The van der Waals surface area contributed by atoms with Crippen molar-refractivity contribution in [3.63, 3.8) is 0 Å². The van der Waals surface area contributed by atoms with E-state index in [1.165, 1.54) is 0 Å². The van der Waals surface area contributed by atoms with Crippen LogP contribution in [0.15, 0.2) is 0 Å².